The predicted octanol–water partition coefficient (Wildman–Crippen LogP) is 5.29. The molecule has 1 aromatic rings. The van der Waals surface area contributed by atoms with Gasteiger partial charge >= 0.3 is 0 Å². The highest BCUT2D eigenvalue weighted by Gasteiger charge is 2.37. The minimum absolute atomic E-state index is 0.238. The number of hydrogen-bond acceptors (Lipinski definition) is 2. The van der Waals surface area contributed by atoms with Gasteiger partial charge < -0.3 is 4.74 Å². The maximum atomic E-state index is 5.91. The van der Waals surface area contributed by atoms with Gasteiger partial charge in [0.15, 0.2) is 0 Å². The third-order valence-corrected chi connectivity index (χ3v) is 5.02. The standard InChI is InChI=1S/C20H31NO/c1-5-13-22-16-10-11-17(15-8-9-15)18(14-16)19-7-6-12-21(19)20(2,3)4/h10-11,14-15,19H,5-9,12-13H2,1-4H3. The average molecular weight is 301 g/mol. The Hall–Kier alpha value is -1.02. The van der Waals surface area contributed by atoms with E-state index in [-0.39, 0.29) is 5.54 Å². The fourth-order valence-corrected chi connectivity index (χ4v) is 3.81. The molecule has 1 aromatic carbocycles. The summed E-state index contributed by atoms with van der Waals surface area (Å²) in [5.41, 5.74) is 3.37. The number of rotatable bonds is 5. The summed E-state index contributed by atoms with van der Waals surface area (Å²) < 4.78 is 5.91. The lowest BCUT2D eigenvalue weighted by Crippen LogP contribution is -2.40. The Morgan fingerprint density at radius 3 is 2.55 bits per heavy atom. The monoisotopic (exact) mass is 301 g/mol. The molecule has 0 spiro atoms. The molecular weight excluding hydrogens is 270 g/mol. The van der Waals surface area contributed by atoms with E-state index in [1.54, 1.807) is 11.1 Å². The number of nitrogens with zero attached hydrogens (tertiary/aromatic N) is 1. The fraction of sp³-hybridized carbons (Fsp3) is 0.700. The summed E-state index contributed by atoms with van der Waals surface area (Å²) in [4.78, 5) is 2.69. The minimum atomic E-state index is 0.238. The van der Waals surface area contributed by atoms with Gasteiger partial charge in [0.25, 0.3) is 0 Å². The summed E-state index contributed by atoms with van der Waals surface area (Å²) in [6.07, 6.45) is 6.40. The first-order valence-corrected chi connectivity index (χ1v) is 9.04. The molecule has 0 radical (unpaired) electrons. The topological polar surface area (TPSA) is 12.5 Å². The third kappa shape index (κ3) is 3.32. The number of likely N-dealkylation sites (tertiary alicyclic amines) is 1. The second-order valence-corrected chi connectivity index (χ2v) is 7.94. The van der Waals surface area contributed by atoms with Crippen LogP contribution < -0.4 is 4.74 Å². The van der Waals surface area contributed by atoms with E-state index < -0.39 is 0 Å². The summed E-state index contributed by atoms with van der Waals surface area (Å²) in [5, 5.41) is 0. The van der Waals surface area contributed by atoms with Gasteiger partial charge in [-0.1, -0.05) is 13.0 Å². The van der Waals surface area contributed by atoms with Gasteiger partial charge in [0.2, 0.25) is 0 Å². The fourth-order valence-electron chi connectivity index (χ4n) is 3.81. The van der Waals surface area contributed by atoms with Gasteiger partial charge in [-0.05, 0) is 88.6 Å². The summed E-state index contributed by atoms with van der Waals surface area (Å²) in [6.45, 7) is 11.2. The van der Waals surface area contributed by atoms with Gasteiger partial charge in [0, 0.05) is 11.6 Å². The maximum Gasteiger partial charge on any atom is 0.119 e. The Labute approximate surface area is 135 Å². The van der Waals surface area contributed by atoms with Gasteiger partial charge in [0.1, 0.15) is 5.75 Å². The Morgan fingerprint density at radius 1 is 1.14 bits per heavy atom. The molecule has 2 fully saturated rings. The molecule has 2 heteroatoms. The molecule has 0 aromatic heterocycles. The van der Waals surface area contributed by atoms with E-state index in [0.717, 1.165) is 24.7 Å². The highest BCUT2D eigenvalue weighted by molar-refractivity contribution is 5.42. The number of ether oxygens (including phenoxy) is 1. The zero-order chi connectivity index (χ0) is 15.7. The zero-order valence-corrected chi connectivity index (χ0v) is 14.7. The molecule has 1 heterocycles. The third-order valence-electron chi connectivity index (χ3n) is 5.02. The highest BCUT2D eigenvalue weighted by Crippen LogP contribution is 2.47. The van der Waals surface area contributed by atoms with Crippen LogP contribution in [0.4, 0.5) is 0 Å². The molecule has 22 heavy (non-hydrogen) atoms. The molecule has 1 aliphatic heterocycles. The Morgan fingerprint density at radius 2 is 1.91 bits per heavy atom. The van der Waals surface area contributed by atoms with E-state index in [0.29, 0.717) is 6.04 Å². The van der Waals surface area contributed by atoms with Crippen LogP contribution in [0.25, 0.3) is 0 Å². The van der Waals surface area contributed by atoms with Gasteiger partial charge in [-0.3, -0.25) is 4.90 Å². The zero-order valence-electron chi connectivity index (χ0n) is 14.7. The molecule has 0 amide bonds. The van der Waals surface area contributed by atoms with Crippen molar-refractivity contribution in [2.24, 2.45) is 0 Å². The molecule has 1 saturated carbocycles. The van der Waals surface area contributed by atoms with Crippen molar-refractivity contribution in [3.8, 4) is 5.75 Å². The number of benzene rings is 1. The SMILES string of the molecule is CCCOc1ccc(C2CC2)c(C2CCCN2C(C)(C)C)c1. The van der Waals surface area contributed by atoms with Crippen LogP contribution >= 0.6 is 0 Å². The van der Waals surface area contributed by atoms with Crippen LogP contribution in [0.2, 0.25) is 0 Å². The normalized spacial score (nSPS) is 23.0. The van der Waals surface area contributed by atoms with Crippen molar-refractivity contribution in [3.05, 3.63) is 29.3 Å². The van der Waals surface area contributed by atoms with Crippen LogP contribution in [-0.2, 0) is 0 Å². The molecule has 1 aliphatic carbocycles. The molecular formula is C20H31NO. The number of hydrogen-bond donors (Lipinski definition) is 0. The molecule has 1 atom stereocenters. The lowest BCUT2D eigenvalue weighted by molar-refractivity contribution is 0.121. The molecule has 3 rings (SSSR count). The smallest absolute Gasteiger partial charge is 0.119 e. The predicted molar refractivity (Wildman–Crippen MR) is 92.6 cm³/mol. The molecule has 2 aliphatic rings. The van der Waals surface area contributed by atoms with Crippen LogP contribution in [0.1, 0.15) is 82.9 Å². The molecule has 0 N–H and O–H groups in total. The van der Waals surface area contributed by atoms with Crippen molar-refractivity contribution in [2.45, 2.75) is 77.3 Å². The van der Waals surface area contributed by atoms with Gasteiger partial charge in [-0.25, -0.2) is 0 Å². The minimum Gasteiger partial charge on any atom is -0.494 e. The van der Waals surface area contributed by atoms with E-state index in [9.17, 15) is 0 Å². The van der Waals surface area contributed by atoms with Gasteiger partial charge in [-0.15, -0.1) is 0 Å². The summed E-state index contributed by atoms with van der Waals surface area (Å²) in [6, 6.07) is 7.44. The summed E-state index contributed by atoms with van der Waals surface area (Å²) in [5.74, 6) is 1.86. The summed E-state index contributed by atoms with van der Waals surface area (Å²) >= 11 is 0. The van der Waals surface area contributed by atoms with E-state index in [2.05, 4.69) is 50.8 Å². The molecule has 122 valence electrons. The van der Waals surface area contributed by atoms with Crippen molar-refractivity contribution in [1.29, 1.82) is 0 Å². The Kier molecular flexibility index (Phi) is 4.49. The van der Waals surface area contributed by atoms with Crippen molar-refractivity contribution in [3.63, 3.8) is 0 Å². The van der Waals surface area contributed by atoms with E-state index >= 15 is 0 Å². The van der Waals surface area contributed by atoms with Crippen molar-refractivity contribution in [1.82, 2.24) is 4.90 Å². The van der Waals surface area contributed by atoms with E-state index in [1.165, 1.54) is 32.2 Å². The first-order valence-electron chi connectivity index (χ1n) is 9.04. The van der Waals surface area contributed by atoms with E-state index in [4.69, 9.17) is 4.74 Å². The molecule has 1 saturated heterocycles. The summed E-state index contributed by atoms with van der Waals surface area (Å²) in [7, 11) is 0. The van der Waals surface area contributed by atoms with Gasteiger partial charge in [-0.2, -0.15) is 0 Å². The van der Waals surface area contributed by atoms with Crippen LogP contribution in [-0.4, -0.2) is 23.6 Å². The maximum absolute atomic E-state index is 5.91. The first-order chi connectivity index (χ1) is 10.5. The van der Waals surface area contributed by atoms with Crippen LogP contribution in [0.3, 0.4) is 0 Å². The Bertz CT molecular complexity index is 513. The molecule has 2 nitrogen and oxygen atoms in total. The largest absolute Gasteiger partial charge is 0.494 e. The Balaban J connectivity index is 1.92. The average Bonchev–Trinajstić information content (AvgIpc) is 3.19. The molecule has 0 bridgehead atoms. The van der Waals surface area contributed by atoms with Crippen LogP contribution in [0.5, 0.6) is 5.75 Å². The quantitative estimate of drug-likeness (QED) is 0.733. The van der Waals surface area contributed by atoms with Crippen LogP contribution in [0, 0.1) is 0 Å². The van der Waals surface area contributed by atoms with Crippen molar-refractivity contribution < 1.29 is 4.74 Å². The van der Waals surface area contributed by atoms with E-state index in [1.807, 2.05) is 0 Å². The van der Waals surface area contributed by atoms with Crippen molar-refractivity contribution in [2.75, 3.05) is 13.2 Å². The second-order valence-electron chi connectivity index (χ2n) is 7.94. The second kappa shape index (κ2) is 6.23. The lowest BCUT2D eigenvalue weighted by Gasteiger charge is -2.38. The van der Waals surface area contributed by atoms with Crippen LogP contribution in [0.15, 0.2) is 18.2 Å². The van der Waals surface area contributed by atoms with Crippen molar-refractivity contribution >= 4 is 0 Å². The lowest BCUT2D eigenvalue weighted by atomic mass is 9.93. The first kappa shape index (κ1) is 15.9. The highest BCUT2D eigenvalue weighted by atomic mass is 16.5. The van der Waals surface area contributed by atoms with Gasteiger partial charge in [0.05, 0.1) is 6.61 Å². The molecule has 1 unspecified atom stereocenters.